The van der Waals surface area contributed by atoms with Gasteiger partial charge in [-0.2, -0.15) is 0 Å². The molecule has 1 aromatic heterocycles. The summed E-state index contributed by atoms with van der Waals surface area (Å²) in [6.45, 7) is 1.40. The molecule has 4 rings (SSSR count). The maximum Gasteiger partial charge on any atom is 0.264 e. The van der Waals surface area contributed by atoms with E-state index in [4.69, 9.17) is 5.21 Å². The molecule has 9 nitrogen and oxygen atoms in total. The smallest absolute Gasteiger partial charge is 0.264 e. The van der Waals surface area contributed by atoms with Crippen molar-refractivity contribution in [3.8, 4) is 11.1 Å². The Morgan fingerprint density at radius 2 is 1.89 bits per heavy atom. The number of fused-ring (bicyclic) bond motifs is 1. The molecule has 1 unspecified atom stereocenters. The van der Waals surface area contributed by atoms with Crippen molar-refractivity contribution >= 4 is 26.6 Å². The number of sulfone groups is 1. The van der Waals surface area contributed by atoms with Crippen LogP contribution in [0.25, 0.3) is 22.0 Å². The topological polar surface area (TPSA) is 130 Å². The Kier molecular flexibility index (Phi) is 6.95. The van der Waals surface area contributed by atoms with Crippen LogP contribution in [0.4, 0.5) is 8.78 Å². The number of aromatic nitrogens is 2. The zero-order valence-corrected chi connectivity index (χ0v) is 20.5. The van der Waals surface area contributed by atoms with E-state index in [1.165, 1.54) is 23.7 Å². The molecular formula is C24H26F2N4O5S. The largest absolute Gasteiger partial charge is 0.310 e. The molecule has 1 atom stereocenters. The Morgan fingerprint density at radius 3 is 2.50 bits per heavy atom. The number of carbonyl (C=O) groups is 1. The van der Waals surface area contributed by atoms with Gasteiger partial charge in [-0.25, -0.2) is 27.7 Å². The molecule has 0 radical (unpaired) electrons. The molecule has 192 valence electrons. The number of nitrogens with one attached hydrogen (secondary N) is 2. The molecule has 1 aliphatic carbocycles. The van der Waals surface area contributed by atoms with Crippen LogP contribution in [-0.4, -0.2) is 46.1 Å². The summed E-state index contributed by atoms with van der Waals surface area (Å²) in [5.74, 6) is -2.56. The summed E-state index contributed by atoms with van der Waals surface area (Å²) < 4.78 is 53.2. The van der Waals surface area contributed by atoms with Gasteiger partial charge in [0.2, 0.25) is 0 Å². The molecule has 12 heteroatoms. The second-order valence-electron chi connectivity index (χ2n) is 9.26. The molecular weight excluding hydrogens is 494 g/mol. The fraction of sp³-hybridized carbons (Fsp3) is 0.375. The van der Waals surface area contributed by atoms with Crippen LogP contribution >= 0.6 is 0 Å². The lowest BCUT2D eigenvalue weighted by atomic mass is 10.0. The van der Waals surface area contributed by atoms with Gasteiger partial charge in [-0.15, -0.1) is 0 Å². The van der Waals surface area contributed by atoms with Crippen LogP contribution in [-0.2, 0) is 27.7 Å². The number of amides is 1. The Balaban J connectivity index is 1.63. The minimum absolute atomic E-state index is 0.0366. The zero-order chi connectivity index (χ0) is 26.3. The highest BCUT2D eigenvalue weighted by atomic mass is 32.2. The summed E-state index contributed by atoms with van der Waals surface area (Å²) in [5.41, 5.74) is 1.54. The van der Waals surface area contributed by atoms with Gasteiger partial charge < -0.3 is 5.32 Å². The summed E-state index contributed by atoms with van der Waals surface area (Å²) in [7, 11) is -3.96. The maximum atomic E-state index is 15.0. The van der Waals surface area contributed by atoms with Gasteiger partial charge >= 0.3 is 0 Å². The summed E-state index contributed by atoms with van der Waals surface area (Å²) in [6, 6.07) is 7.27. The normalized spacial score (nSPS) is 15.6. The Morgan fingerprint density at radius 1 is 1.19 bits per heavy atom. The van der Waals surface area contributed by atoms with Crippen LogP contribution in [0.1, 0.15) is 31.7 Å². The van der Waals surface area contributed by atoms with Crippen LogP contribution in [0.3, 0.4) is 0 Å². The fourth-order valence-electron chi connectivity index (χ4n) is 3.90. The standard InChI is InChI=1S/C24H26F2N4O5S/c1-24(23(32)29-33,36(2,34)35)7-8-30-13-28-21-11-17(20(26)10-18(21)22(30)31)16-6-3-14(9-19(16)25)12-27-15-4-5-15/h3,6,9-11,13,15,27,33H,4-5,7-8,12H2,1-2H3,(H,29,32). The van der Waals surface area contributed by atoms with E-state index in [1.54, 1.807) is 6.07 Å². The number of rotatable bonds is 9. The SMILES string of the molecule is CC(CCn1cnc2cc(-c3ccc(CNC4CC4)cc3F)c(F)cc2c1=O)(C(=O)NO)S(C)(=O)=O. The molecule has 0 aliphatic heterocycles. The van der Waals surface area contributed by atoms with Gasteiger partial charge in [0, 0.05) is 36.5 Å². The van der Waals surface area contributed by atoms with Gasteiger partial charge in [0.15, 0.2) is 14.6 Å². The van der Waals surface area contributed by atoms with Gasteiger partial charge in [-0.1, -0.05) is 12.1 Å². The van der Waals surface area contributed by atoms with Crippen LogP contribution in [0.15, 0.2) is 41.5 Å². The number of carbonyl (C=O) groups excluding carboxylic acids is 1. The van der Waals surface area contributed by atoms with Gasteiger partial charge in [-0.3, -0.25) is 19.4 Å². The number of hydroxylamine groups is 1. The van der Waals surface area contributed by atoms with Gasteiger partial charge in [-0.05, 0) is 49.9 Å². The van der Waals surface area contributed by atoms with Crippen molar-refractivity contribution in [3.05, 3.63) is 64.2 Å². The number of hydrogen-bond donors (Lipinski definition) is 3. The van der Waals surface area contributed by atoms with Crippen molar-refractivity contribution in [2.45, 2.75) is 50.1 Å². The molecule has 3 aromatic rings. The summed E-state index contributed by atoms with van der Waals surface area (Å²) >= 11 is 0. The molecule has 2 aromatic carbocycles. The average molecular weight is 521 g/mol. The third-order valence-corrected chi connectivity index (χ3v) is 8.67. The first kappa shape index (κ1) is 25.9. The van der Waals surface area contributed by atoms with Crippen LogP contribution in [0.5, 0.6) is 0 Å². The third kappa shape index (κ3) is 5.01. The molecule has 1 amide bonds. The molecule has 1 saturated carbocycles. The number of halogens is 2. The summed E-state index contributed by atoms with van der Waals surface area (Å²) in [5, 5.41) is 12.1. The lowest BCUT2D eigenvalue weighted by Gasteiger charge is -2.25. The van der Waals surface area contributed by atoms with Crippen LogP contribution in [0.2, 0.25) is 0 Å². The Bertz CT molecular complexity index is 1500. The first-order chi connectivity index (χ1) is 16.9. The van der Waals surface area contributed by atoms with E-state index >= 15 is 4.39 Å². The highest BCUT2D eigenvalue weighted by Crippen LogP contribution is 2.29. The molecule has 36 heavy (non-hydrogen) atoms. The number of aryl methyl sites for hydroxylation is 1. The first-order valence-electron chi connectivity index (χ1n) is 11.3. The fourth-order valence-corrected chi connectivity index (χ4v) is 4.75. The summed E-state index contributed by atoms with van der Waals surface area (Å²) in [4.78, 5) is 29.1. The van der Waals surface area contributed by atoms with Gasteiger partial charge in [0.05, 0.1) is 17.2 Å². The van der Waals surface area contributed by atoms with Crippen molar-refractivity contribution in [3.63, 3.8) is 0 Å². The molecule has 1 heterocycles. The molecule has 1 aliphatic rings. The summed E-state index contributed by atoms with van der Waals surface area (Å²) in [6.07, 6.45) is 3.85. The molecule has 0 saturated heterocycles. The van der Waals surface area contributed by atoms with Crippen molar-refractivity contribution in [1.29, 1.82) is 0 Å². The first-order valence-corrected chi connectivity index (χ1v) is 13.2. The predicted molar refractivity (Wildman–Crippen MR) is 129 cm³/mol. The maximum absolute atomic E-state index is 15.0. The minimum Gasteiger partial charge on any atom is -0.310 e. The van der Waals surface area contributed by atoms with Crippen molar-refractivity contribution in [1.82, 2.24) is 20.3 Å². The van der Waals surface area contributed by atoms with E-state index in [0.717, 1.165) is 48.5 Å². The third-order valence-electron chi connectivity index (χ3n) is 6.64. The Labute approximate surface area is 206 Å². The minimum atomic E-state index is -3.96. The molecule has 0 bridgehead atoms. The van der Waals surface area contributed by atoms with E-state index in [-0.39, 0.29) is 35.0 Å². The highest BCUT2D eigenvalue weighted by molar-refractivity contribution is 7.92. The second kappa shape index (κ2) is 9.68. The molecule has 1 fully saturated rings. The quantitative estimate of drug-likeness (QED) is 0.292. The molecule has 3 N–H and O–H groups in total. The predicted octanol–water partition coefficient (Wildman–Crippen LogP) is 2.29. The van der Waals surface area contributed by atoms with E-state index in [9.17, 15) is 22.4 Å². The lowest BCUT2D eigenvalue weighted by molar-refractivity contribution is -0.131. The number of benzene rings is 2. The number of hydrogen-bond acceptors (Lipinski definition) is 7. The van der Waals surface area contributed by atoms with Crippen molar-refractivity contribution in [2.24, 2.45) is 0 Å². The lowest BCUT2D eigenvalue weighted by Crippen LogP contribution is -2.50. The van der Waals surface area contributed by atoms with Crippen LogP contribution < -0.4 is 16.4 Å². The monoisotopic (exact) mass is 520 g/mol. The highest BCUT2D eigenvalue weighted by Gasteiger charge is 2.43. The van der Waals surface area contributed by atoms with E-state index < -0.39 is 37.7 Å². The van der Waals surface area contributed by atoms with Crippen LogP contribution in [0, 0.1) is 11.6 Å². The van der Waals surface area contributed by atoms with Crippen molar-refractivity contribution in [2.75, 3.05) is 6.26 Å². The van der Waals surface area contributed by atoms with Gasteiger partial charge in [0.1, 0.15) is 11.6 Å². The van der Waals surface area contributed by atoms with E-state index in [0.29, 0.717) is 12.6 Å². The Hall–Kier alpha value is -3.22. The second-order valence-corrected chi connectivity index (χ2v) is 11.7. The van der Waals surface area contributed by atoms with E-state index in [1.807, 2.05) is 0 Å². The van der Waals surface area contributed by atoms with E-state index in [2.05, 4.69) is 10.3 Å². The van der Waals surface area contributed by atoms with Crippen molar-refractivity contribution < 1.29 is 27.2 Å². The average Bonchev–Trinajstić information content (AvgIpc) is 3.66. The number of nitrogens with zero attached hydrogens (tertiary/aromatic N) is 2. The van der Waals surface area contributed by atoms with Gasteiger partial charge in [0.25, 0.3) is 11.5 Å². The zero-order valence-electron chi connectivity index (χ0n) is 19.7. The molecule has 0 spiro atoms.